The summed E-state index contributed by atoms with van der Waals surface area (Å²) in [5.41, 5.74) is 0. The number of carbonyl (C=O) groups is 3. The van der Waals surface area contributed by atoms with Crippen molar-refractivity contribution in [3.63, 3.8) is 0 Å². The van der Waals surface area contributed by atoms with E-state index in [9.17, 15) is 14.4 Å². The van der Waals surface area contributed by atoms with Crippen LogP contribution in [0.2, 0.25) is 0 Å². The molecule has 0 bridgehead atoms. The Balaban J connectivity index is 1.81. The van der Waals surface area contributed by atoms with Crippen molar-refractivity contribution in [3.8, 4) is 0 Å². The molecule has 0 aromatic carbocycles. The normalized spacial score (nSPS) is 23.6. The van der Waals surface area contributed by atoms with Crippen LogP contribution in [0.25, 0.3) is 0 Å². The summed E-state index contributed by atoms with van der Waals surface area (Å²) >= 11 is 1.26. The van der Waals surface area contributed by atoms with Crippen LogP contribution in [-0.2, 0) is 9.59 Å². The van der Waals surface area contributed by atoms with Gasteiger partial charge >= 0.3 is 11.9 Å². The Morgan fingerprint density at radius 2 is 1.96 bits per heavy atom. The van der Waals surface area contributed by atoms with E-state index in [0.717, 1.165) is 30.6 Å². The van der Waals surface area contributed by atoms with Gasteiger partial charge in [0.2, 0.25) is 11.7 Å². The van der Waals surface area contributed by atoms with Gasteiger partial charge < -0.3 is 5.32 Å². The van der Waals surface area contributed by atoms with Crippen molar-refractivity contribution in [2.75, 3.05) is 19.8 Å². The number of urea groups is 1. The summed E-state index contributed by atoms with van der Waals surface area (Å²) in [6.45, 7) is 3.91. The molecule has 1 aliphatic carbocycles. The van der Waals surface area contributed by atoms with E-state index < -0.39 is 11.9 Å². The number of nitrogens with zero attached hydrogens (tertiary/aromatic N) is 4. The zero-order valence-corrected chi connectivity index (χ0v) is 17.0. The number of fused-ring (bicyclic) bond motifs is 1. The number of nitrogens with one attached hydrogen (secondary N) is 1. The van der Waals surface area contributed by atoms with E-state index in [4.69, 9.17) is 0 Å². The summed E-state index contributed by atoms with van der Waals surface area (Å²) in [4.78, 5) is 47.4. The molecule has 1 atom stereocenters. The minimum absolute atomic E-state index is 0.0413. The molecule has 27 heavy (non-hydrogen) atoms. The molecule has 0 aromatic rings. The smallest absolute Gasteiger partial charge is 0.353 e. The summed E-state index contributed by atoms with van der Waals surface area (Å²) in [5.74, 6) is 0.0496. The van der Waals surface area contributed by atoms with Gasteiger partial charge in [0.15, 0.2) is 5.92 Å². The SMILES string of the molecule is CC(C)C1=NC2=[N+](C)C(=O)N(C)C(=O)C2C(SCC(=O)NC2CCCC2)=N1. The maximum Gasteiger partial charge on any atom is 0.445 e. The number of imide groups is 1. The van der Waals surface area contributed by atoms with Gasteiger partial charge in [-0.05, 0) is 12.8 Å². The number of amidine groups is 2. The molecule has 146 valence electrons. The molecular formula is C18H26N5O3S+. The summed E-state index contributed by atoms with van der Waals surface area (Å²) in [5, 5.41) is 3.58. The first kappa shape index (κ1) is 19.7. The summed E-state index contributed by atoms with van der Waals surface area (Å²) in [6.07, 6.45) is 4.36. The second kappa shape index (κ2) is 7.92. The van der Waals surface area contributed by atoms with Gasteiger partial charge in [0, 0.05) is 12.0 Å². The number of hydrogen-bond donors (Lipinski definition) is 1. The minimum atomic E-state index is -0.732. The Morgan fingerprint density at radius 3 is 2.59 bits per heavy atom. The highest BCUT2D eigenvalue weighted by Crippen LogP contribution is 2.26. The fraction of sp³-hybridized carbons (Fsp3) is 0.667. The monoisotopic (exact) mass is 392 g/mol. The van der Waals surface area contributed by atoms with Gasteiger partial charge in [-0.15, -0.1) is 0 Å². The van der Waals surface area contributed by atoms with E-state index in [2.05, 4.69) is 15.3 Å². The van der Waals surface area contributed by atoms with Crippen molar-refractivity contribution < 1.29 is 19.0 Å². The standard InChI is InChI=1S/C18H25N5O3S/c1-10(2)14-20-15-13(17(25)23(4)18(26)22(15)3)16(21-14)27-9-12(24)19-11-7-5-6-8-11/h10-11,13H,5-9H2,1-4H3/p+1. The first-order valence-electron chi connectivity index (χ1n) is 9.31. The van der Waals surface area contributed by atoms with Crippen LogP contribution < -0.4 is 5.32 Å². The van der Waals surface area contributed by atoms with Crippen LogP contribution in [0, 0.1) is 11.8 Å². The second-order valence-electron chi connectivity index (χ2n) is 7.44. The molecule has 1 N–H and O–H groups in total. The highest BCUT2D eigenvalue weighted by molar-refractivity contribution is 8.14. The first-order valence-corrected chi connectivity index (χ1v) is 10.3. The molecule has 1 saturated carbocycles. The Labute approximate surface area is 163 Å². The summed E-state index contributed by atoms with van der Waals surface area (Å²) in [7, 11) is 3.06. The molecule has 9 heteroatoms. The predicted molar refractivity (Wildman–Crippen MR) is 105 cm³/mol. The van der Waals surface area contributed by atoms with Crippen LogP contribution in [0.5, 0.6) is 0 Å². The van der Waals surface area contributed by atoms with Gasteiger partial charge in [0.1, 0.15) is 5.04 Å². The molecular weight excluding hydrogens is 366 g/mol. The third kappa shape index (κ3) is 3.97. The van der Waals surface area contributed by atoms with Crippen molar-refractivity contribution in [3.05, 3.63) is 0 Å². The number of amides is 4. The van der Waals surface area contributed by atoms with Crippen molar-refractivity contribution in [1.82, 2.24) is 10.2 Å². The van der Waals surface area contributed by atoms with Crippen molar-refractivity contribution >= 4 is 46.3 Å². The molecule has 1 fully saturated rings. The molecule has 0 aromatic heterocycles. The van der Waals surface area contributed by atoms with Gasteiger partial charge in [-0.2, -0.15) is 9.48 Å². The second-order valence-corrected chi connectivity index (χ2v) is 8.44. The van der Waals surface area contributed by atoms with Gasteiger partial charge in [-0.3, -0.25) is 9.59 Å². The largest absolute Gasteiger partial charge is 0.445 e. The number of hydrogen-bond acceptors (Lipinski definition) is 6. The lowest BCUT2D eigenvalue weighted by Gasteiger charge is -2.27. The van der Waals surface area contributed by atoms with Crippen LogP contribution >= 0.6 is 11.8 Å². The van der Waals surface area contributed by atoms with Gasteiger partial charge in [0.25, 0.3) is 5.84 Å². The molecule has 2 aliphatic heterocycles. The van der Waals surface area contributed by atoms with Crippen LogP contribution in [0.4, 0.5) is 4.79 Å². The first-order chi connectivity index (χ1) is 12.8. The minimum Gasteiger partial charge on any atom is -0.353 e. The lowest BCUT2D eigenvalue weighted by Crippen LogP contribution is -2.55. The zero-order chi connectivity index (χ0) is 19.7. The van der Waals surface area contributed by atoms with E-state index in [-0.39, 0.29) is 29.5 Å². The Bertz CT molecular complexity index is 765. The summed E-state index contributed by atoms with van der Waals surface area (Å²) in [6, 6.07) is -0.157. The van der Waals surface area contributed by atoms with E-state index in [1.165, 1.54) is 23.4 Å². The molecule has 4 amide bonds. The van der Waals surface area contributed by atoms with Crippen LogP contribution in [0.15, 0.2) is 9.98 Å². The third-order valence-electron chi connectivity index (χ3n) is 5.04. The Kier molecular flexibility index (Phi) is 5.78. The summed E-state index contributed by atoms with van der Waals surface area (Å²) < 4.78 is 1.39. The van der Waals surface area contributed by atoms with Crippen molar-refractivity contribution in [1.29, 1.82) is 0 Å². The number of thioether (sulfide) groups is 1. The third-order valence-corrected chi connectivity index (χ3v) is 6.07. The topological polar surface area (TPSA) is 94.2 Å². The Morgan fingerprint density at radius 1 is 1.30 bits per heavy atom. The molecule has 3 aliphatic rings. The lowest BCUT2D eigenvalue weighted by molar-refractivity contribution is -0.407. The van der Waals surface area contributed by atoms with E-state index in [1.807, 2.05) is 13.8 Å². The van der Waals surface area contributed by atoms with Gasteiger partial charge in [-0.1, -0.05) is 43.4 Å². The zero-order valence-electron chi connectivity index (χ0n) is 16.2. The lowest BCUT2D eigenvalue weighted by atomic mass is 10.0. The van der Waals surface area contributed by atoms with Crippen molar-refractivity contribution in [2.24, 2.45) is 21.8 Å². The average Bonchev–Trinajstić information content (AvgIpc) is 3.14. The van der Waals surface area contributed by atoms with E-state index in [0.29, 0.717) is 16.7 Å². The van der Waals surface area contributed by atoms with Crippen LogP contribution in [0.1, 0.15) is 39.5 Å². The van der Waals surface area contributed by atoms with E-state index in [1.54, 1.807) is 7.05 Å². The highest BCUT2D eigenvalue weighted by atomic mass is 32.2. The highest BCUT2D eigenvalue weighted by Gasteiger charge is 2.49. The maximum absolute atomic E-state index is 12.7. The quantitative estimate of drug-likeness (QED) is 0.734. The maximum atomic E-state index is 12.7. The molecule has 0 saturated heterocycles. The van der Waals surface area contributed by atoms with Gasteiger partial charge in [-0.25, -0.2) is 9.79 Å². The molecule has 1 unspecified atom stereocenters. The molecule has 0 spiro atoms. The number of rotatable bonds is 4. The van der Waals surface area contributed by atoms with Crippen LogP contribution in [0.3, 0.4) is 0 Å². The van der Waals surface area contributed by atoms with Gasteiger partial charge in [0.05, 0.1) is 19.8 Å². The average molecular weight is 393 g/mol. The molecule has 2 heterocycles. The number of carbonyl (C=O) groups excluding carboxylic acids is 3. The predicted octanol–water partition coefficient (Wildman–Crippen LogP) is 1.49. The number of aliphatic imine (C=N–C) groups is 2. The van der Waals surface area contributed by atoms with Crippen molar-refractivity contribution in [2.45, 2.75) is 45.6 Å². The fourth-order valence-corrected chi connectivity index (χ4v) is 4.34. The Hall–Kier alpha value is -2.03. The van der Waals surface area contributed by atoms with Crippen LogP contribution in [-0.4, -0.2) is 69.9 Å². The fourth-order valence-electron chi connectivity index (χ4n) is 3.44. The van der Waals surface area contributed by atoms with E-state index >= 15 is 0 Å². The molecule has 3 rings (SSSR count). The molecule has 0 radical (unpaired) electrons. The molecule has 8 nitrogen and oxygen atoms in total.